The van der Waals surface area contributed by atoms with Crippen molar-refractivity contribution < 1.29 is 39.9 Å². The second kappa shape index (κ2) is 8.43. The summed E-state index contributed by atoms with van der Waals surface area (Å²) in [5.41, 5.74) is -1.74. The predicted octanol–water partition coefficient (Wildman–Crippen LogP) is 4.67. The summed E-state index contributed by atoms with van der Waals surface area (Å²) in [6, 6.07) is 0. The molecule has 1 heterocycles. The normalized spacial score (nSPS) is 16.4. The molecule has 3 rings (SSSR count). The molecule has 0 saturated carbocycles. The van der Waals surface area contributed by atoms with Crippen LogP contribution in [0.25, 0.3) is 11.1 Å². The van der Waals surface area contributed by atoms with E-state index in [1.165, 1.54) is 6.92 Å². The summed E-state index contributed by atoms with van der Waals surface area (Å²) in [6.45, 7) is 6.63. The molecule has 2 aromatic rings. The molecule has 1 aliphatic heterocycles. The van der Waals surface area contributed by atoms with Crippen LogP contribution in [0.1, 0.15) is 59.9 Å². The molecule has 0 aliphatic carbocycles. The lowest BCUT2D eigenvalue weighted by molar-refractivity contribution is 0.0820. The highest BCUT2D eigenvalue weighted by Gasteiger charge is 2.38. The van der Waals surface area contributed by atoms with Crippen molar-refractivity contribution in [2.24, 2.45) is 11.8 Å². The summed E-state index contributed by atoms with van der Waals surface area (Å²) in [4.78, 5) is 25.8. The third-order valence-electron chi connectivity index (χ3n) is 6.09. The van der Waals surface area contributed by atoms with Crippen LogP contribution in [0.15, 0.2) is 0 Å². The standard InChI is InChI=1S/C23H25ClO8/c1-5-8(3)16(25)13-19(28)12(21(30)15(24)22(13)31)11-17(26)9(4)23-14(20(11)29)18(27)10(6-2)7-32-23/h8,10,26,28-31H,5-7H2,1-4H3. The molecule has 9 heteroatoms. The summed E-state index contributed by atoms with van der Waals surface area (Å²) in [7, 11) is 0. The third kappa shape index (κ3) is 3.30. The number of benzene rings is 2. The molecule has 8 nitrogen and oxygen atoms in total. The van der Waals surface area contributed by atoms with E-state index in [1.807, 2.05) is 0 Å². The van der Waals surface area contributed by atoms with Crippen LogP contribution in [0.4, 0.5) is 0 Å². The van der Waals surface area contributed by atoms with Crippen molar-refractivity contribution in [2.45, 2.75) is 40.5 Å². The van der Waals surface area contributed by atoms with Gasteiger partial charge in [-0.3, -0.25) is 9.59 Å². The van der Waals surface area contributed by atoms with E-state index in [0.717, 1.165) is 0 Å². The van der Waals surface area contributed by atoms with Crippen LogP contribution in [0, 0.1) is 18.8 Å². The molecule has 172 valence electrons. The van der Waals surface area contributed by atoms with Crippen LogP contribution < -0.4 is 4.74 Å². The molecule has 0 bridgehead atoms. The minimum atomic E-state index is -0.879. The Morgan fingerprint density at radius 1 is 1.00 bits per heavy atom. The quantitative estimate of drug-likeness (QED) is 0.401. The van der Waals surface area contributed by atoms with E-state index < -0.39 is 73.9 Å². The van der Waals surface area contributed by atoms with Crippen molar-refractivity contribution in [3.63, 3.8) is 0 Å². The van der Waals surface area contributed by atoms with E-state index >= 15 is 0 Å². The molecule has 0 fully saturated rings. The molecule has 2 aromatic carbocycles. The lowest BCUT2D eigenvalue weighted by Gasteiger charge is -2.27. The highest BCUT2D eigenvalue weighted by molar-refractivity contribution is 6.35. The Hall–Kier alpha value is -3.13. The first-order chi connectivity index (χ1) is 15.0. The van der Waals surface area contributed by atoms with Gasteiger partial charge in [-0.1, -0.05) is 32.4 Å². The highest BCUT2D eigenvalue weighted by atomic mass is 35.5. The summed E-state index contributed by atoms with van der Waals surface area (Å²) in [5, 5.41) is 53.1. The van der Waals surface area contributed by atoms with Gasteiger partial charge < -0.3 is 30.3 Å². The van der Waals surface area contributed by atoms with Crippen LogP contribution in [-0.2, 0) is 0 Å². The van der Waals surface area contributed by atoms with E-state index in [9.17, 15) is 35.1 Å². The second-order valence-electron chi connectivity index (χ2n) is 7.97. The molecule has 0 saturated heterocycles. The average molecular weight is 465 g/mol. The minimum absolute atomic E-state index is 0.00166. The van der Waals surface area contributed by atoms with Gasteiger partial charge in [0, 0.05) is 11.5 Å². The summed E-state index contributed by atoms with van der Waals surface area (Å²) < 4.78 is 5.61. The van der Waals surface area contributed by atoms with Crippen LogP contribution in [0.2, 0.25) is 5.02 Å². The lowest BCUT2D eigenvalue weighted by atomic mass is 9.85. The molecule has 5 N–H and O–H groups in total. The molecule has 0 aromatic heterocycles. The number of hydrogen-bond donors (Lipinski definition) is 5. The fraction of sp³-hybridized carbons (Fsp3) is 0.391. The second-order valence-corrected chi connectivity index (χ2v) is 8.34. The fourth-order valence-electron chi connectivity index (χ4n) is 3.82. The number of ether oxygens (including phenoxy) is 1. The van der Waals surface area contributed by atoms with Gasteiger partial charge in [0.25, 0.3) is 0 Å². The number of aromatic hydroxyl groups is 5. The van der Waals surface area contributed by atoms with Crippen molar-refractivity contribution in [3.05, 3.63) is 21.7 Å². The monoisotopic (exact) mass is 464 g/mol. The molecule has 0 radical (unpaired) electrons. The topological polar surface area (TPSA) is 145 Å². The Morgan fingerprint density at radius 2 is 1.59 bits per heavy atom. The number of carbonyl (C=O) groups is 2. The predicted molar refractivity (Wildman–Crippen MR) is 117 cm³/mol. The zero-order valence-corrected chi connectivity index (χ0v) is 18.9. The number of ketones is 2. The van der Waals surface area contributed by atoms with E-state index in [2.05, 4.69) is 0 Å². The summed E-state index contributed by atoms with van der Waals surface area (Å²) in [5.74, 6) is -6.10. The number of carbonyl (C=O) groups excluding carboxylic acids is 2. The minimum Gasteiger partial charge on any atom is -0.507 e. The number of phenols is 5. The Kier molecular flexibility index (Phi) is 6.20. The number of rotatable bonds is 5. The number of fused-ring (bicyclic) bond motifs is 1. The van der Waals surface area contributed by atoms with Gasteiger partial charge in [0.15, 0.2) is 17.3 Å². The van der Waals surface area contributed by atoms with Gasteiger partial charge in [-0.2, -0.15) is 0 Å². The molecule has 32 heavy (non-hydrogen) atoms. The zero-order chi connectivity index (χ0) is 24.1. The highest BCUT2D eigenvalue weighted by Crippen LogP contribution is 2.57. The Morgan fingerprint density at radius 3 is 2.16 bits per heavy atom. The molecule has 0 spiro atoms. The molecular formula is C23H25ClO8. The number of hydrogen-bond acceptors (Lipinski definition) is 8. The molecule has 2 unspecified atom stereocenters. The number of phenolic OH excluding ortho intramolecular Hbond substituents is 5. The van der Waals surface area contributed by atoms with Gasteiger partial charge in [-0.25, -0.2) is 0 Å². The first-order valence-electron chi connectivity index (χ1n) is 10.3. The van der Waals surface area contributed by atoms with E-state index in [4.69, 9.17) is 16.3 Å². The summed E-state index contributed by atoms with van der Waals surface area (Å²) >= 11 is 6.05. The summed E-state index contributed by atoms with van der Waals surface area (Å²) in [6.07, 6.45) is 0.840. The number of halogens is 1. The van der Waals surface area contributed by atoms with Crippen LogP contribution >= 0.6 is 11.6 Å². The zero-order valence-electron chi connectivity index (χ0n) is 18.1. The van der Waals surface area contributed by atoms with Gasteiger partial charge in [-0.05, 0) is 19.8 Å². The van der Waals surface area contributed by atoms with Crippen LogP contribution in [-0.4, -0.2) is 43.7 Å². The maximum atomic E-state index is 12.9. The van der Waals surface area contributed by atoms with Gasteiger partial charge in [0.05, 0.1) is 23.7 Å². The van der Waals surface area contributed by atoms with Crippen molar-refractivity contribution in [1.29, 1.82) is 0 Å². The number of Topliss-reactive ketones (excluding diaryl/α,β-unsaturated/α-hetero) is 2. The van der Waals surface area contributed by atoms with Crippen molar-refractivity contribution in [2.75, 3.05) is 6.61 Å². The van der Waals surface area contributed by atoms with E-state index in [1.54, 1.807) is 20.8 Å². The van der Waals surface area contributed by atoms with Crippen molar-refractivity contribution in [3.8, 4) is 45.6 Å². The van der Waals surface area contributed by atoms with Crippen LogP contribution in [0.5, 0.6) is 34.5 Å². The Labute approximate surface area is 189 Å². The molecule has 0 amide bonds. The third-order valence-corrected chi connectivity index (χ3v) is 6.45. The smallest absolute Gasteiger partial charge is 0.176 e. The molecule has 1 aliphatic rings. The Bertz CT molecular complexity index is 1140. The lowest BCUT2D eigenvalue weighted by Crippen LogP contribution is -2.28. The van der Waals surface area contributed by atoms with Gasteiger partial charge in [0.1, 0.15) is 44.9 Å². The fourth-order valence-corrected chi connectivity index (χ4v) is 4.01. The van der Waals surface area contributed by atoms with Gasteiger partial charge in [-0.15, -0.1) is 0 Å². The first kappa shape index (κ1) is 23.5. The van der Waals surface area contributed by atoms with Crippen molar-refractivity contribution in [1.82, 2.24) is 0 Å². The van der Waals surface area contributed by atoms with E-state index in [0.29, 0.717) is 12.8 Å². The maximum absolute atomic E-state index is 12.9. The van der Waals surface area contributed by atoms with Gasteiger partial charge >= 0.3 is 0 Å². The molecular weight excluding hydrogens is 440 g/mol. The van der Waals surface area contributed by atoms with Crippen molar-refractivity contribution >= 4 is 23.2 Å². The molecule has 2 atom stereocenters. The SMILES string of the molecule is CCC(C)C(=O)c1c(O)c(Cl)c(O)c(-c2c(O)c(C)c3c(c2O)C(=O)C(CC)CO3)c1O. The van der Waals surface area contributed by atoms with E-state index in [-0.39, 0.29) is 23.5 Å². The van der Waals surface area contributed by atoms with Crippen LogP contribution in [0.3, 0.4) is 0 Å². The van der Waals surface area contributed by atoms with Gasteiger partial charge in [0.2, 0.25) is 0 Å². The maximum Gasteiger partial charge on any atom is 0.176 e. The largest absolute Gasteiger partial charge is 0.507 e. The average Bonchev–Trinajstić information content (AvgIpc) is 2.77. The Balaban J connectivity index is 2.43. The first-order valence-corrected chi connectivity index (χ1v) is 10.6.